The van der Waals surface area contributed by atoms with Crippen molar-refractivity contribution in [1.29, 1.82) is 0 Å². The molecule has 0 aromatic heterocycles. The fourth-order valence-corrected chi connectivity index (χ4v) is 15.1. The van der Waals surface area contributed by atoms with E-state index in [4.69, 9.17) is 32.3 Å². The Morgan fingerprint density at radius 3 is 0.653 bits per heavy atom. The van der Waals surface area contributed by atoms with Crippen molar-refractivity contribution >= 4 is 33.6 Å². The minimum absolute atomic E-state index is 0.0935. The second-order valence-electron chi connectivity index (χ2n) is 32.9. The predicted octanol–water partition coefficient (Wildman–Crippen LogP) is 30.7. The third-order valence-electron chi connectivity index (χ3n) is 21.0. The highest BCUT2D eigenvalue weighted by molar-refractivity contribution is 7.47. The lowest BCUT2D eigenvalue weighted by atomic mass is 10.0. The Morgan fingerprint density at radius 2 is 0.413 bits per heavy atom. The van der Waals surface area contributed by atoms with Gasteiger partial charge in [-0.05, 0) is 154 Å². The Hall–Kier alpha value is -4.57. The van der Waals surface area contributed by atoms with Gasteiger partial charge in [0.2, 0.25) is 0 Å². The molecule has 121 heavy (non-hydrogen) atoms. The molecule has 0 aromatic rings. The number of unbranched alkanes of at least 4 members (excludes halogenated alkanes) is 46. The van der Waals surface area contributed by atoms with Gasteiger partial charge in [-0.3, -0.25) is 32.5 Å². The summed E-state index contributed by atoms with van der Waals surface area (Å²) in [5.74, 6) is -1.57. The fourth-order valence-electron chi connectivity index (χ4n) is 13.5. The van der Waals surface area contributed by atoms with Crippen molar-refractivity contribution in [2.24, 2.45) is 0 Å². The lowest BCUT2D eigenvalue weighted by Crippen LogP contribution is -2.30. The first-order valence-corrected chi connectivity index (χ1v) is 52.1. The predicted molar refractivity (Wildman–Crippen MR) is 509 cm³/mol. The van der Waals surface area contributed by atoms with E-state index in [1.54, 1.807) is 0 Å². The van der Waals surface area contributed by atoms with E-state index in [-0.39, 0.29) is 19.3 Å². The lowest BCUT2D eigenvalue weighted by Gasteiger charge is -2.21. The molecule has 0 radical (unpaired) electrons. The summed E-state index contributed by atoms with van der Waals surface area (Å²) in [7, 11) is -9.82. The Labute approximate surface area is 740 Å². The van der Waals surface area contributed by atoms with Crippen LogP contribution in [0.1, 0.15) is 432 Å². The maximum atomic E-state index is 13.1. The van der Waals surface area contributed by atoms with Crippen LogP contribution in [-0.2, 0) is 55.8 Å². The van der Waals surface area contributed by atoms with Crippen LogP contribution < -0.4 is 0 Å². The summed E-state index contributed by atoms with van der Waals surface area (Å²) in [6.45, 7) is 2.65. The summed E-state index contributed by atoms with van der Waals surface area (Å²) in [6.07, 6.45) is 120. The first kappa shape index (κ1) is 116. The van der Waals surface area contributed by atoms with E-state index in [2.05, 4.69) is 167 Å². The molecule has 0 fully saturated rings. The normalized spacial score (nSPS) is 14.3. The molecule has 16 nitrogen and oxygen atoms in total. The van der Waals surface area contributed by atoms with Gasteiger partial charge in [-0.15, -0.1) is 0 Å². The second kappa shape index (κ2) is 94.6. The Kier molecular flexibility index (Phi) is 91.0. The lowest BCUT2D eigenvalue weighted by molar-refractivity contribution is -0.161. The summed E-state index contributed by atoms with van der Waals surface area (Å²) in [6, 6.07) is 0. The van der Waals surface area contributed by atoms with Crippen molar-refractivity contribution < 1.29 is 75.8 Å². The zero-order valence-corrected chi connectivity index (χ0v) is 79.0. The molecule has 0 spiro atoms. The molecule has 5 atom stereocenters. The zero-order chi connectivity index (χ0) is 87.9. The third kappa shape index (κ3) is 95.9. The number of aliphatic hydroxyl groups is 2. The van der Waals surface area contributed by atoms with E-state index in [1.807, 2.05) is 0 Å². The van der Waals surface area contributed by atoms with Crippen LogP contribution in [0.5, 0.6) is 0 Å². The van der Waals surface area contributed by atoms with Crippen molar-refractivity contribution in [3.8, 4) is 0 Å². The van der Waals surface area contributed by atoms with Gasteiger partial charge in [-0.25, -0.2) is 9.13 Å². The van der Waals surface area contributed by atoms with E-state index in [0.717, 1.165) is 141 Å². The number of hydrogen-bond acceptors (Lipinski definition) is 14. The van der Waals surface area contributed by atoms with E-state index in [1.165, 1.54) is 231 Å². The molecule has 0 aliphatic carbocycles. The zero-order valence-electron chi connectivity index (χ0n) is 77.2. The number of allylic oxidation sites excluding steroid dienone is 24. The Morgan fingerprint density at radius 1 is 0.231 bits per heavy atom. The summed E-state index contributed by atoms with van der Waals surface area (Å²) in [5.41, 5.74) is 0. The van der Waals surface area contributed by atoms with E-state index < -0.39 is 91.5 Å². The summed E-state index contributed by atoms with van der Waals surface area (Å²) < 4.78 is 61.6. The number of rotatable bonds is 93. The smallest absolute Gasteiger partial charge is 0.463 e. The van der Waals surface area contributed by atoms with Crippen molar-refractivity contribution in [1.82, 2.24) is 0 Å². The molecule has 0 bridgehead atoms. The van der Waals surface area contributed by atoms with Crippen LogP contribution in [0.4, 0.5) is 0 Å². The topological polar surface area (TPSA) is 231 Å². The van der Waals surface area contributed by atoms with Gasteiger partial charge < -0.3 is 34.2 Å². The minimum Gasteiger partial charge on any atom is -0.463 e. The van der Waals surface area contributed by atoms with Crippen LogP contribution in [0.15, 0.2) is 146 Å². The number of aliphatic hydroxyl groups excluding tert-OH is 2. The van der Waals surface area contributed by atoms with Crippen molar-refractivity contribution in [3.05, 3.63) is 146 Å². The molecule has 18 heteroatoms. The Bertz CT molecular complexity index is 2780. The molecule has 0 rings (SSSR count). The molecule has 0 amide bonds. The maximum Gasteiger partial charge on any atom is 0.472 e. The van der Waals surface area contributed by atoms with Crippen LogP contribution in [-0.4, -0.2) is 95.9 Å². The first-order valence-electron chi connectivity index (χ1n) is 49.1. The van der Waals surface area contributed by atoms with Gasteiger partial charge in [-0.2, -0.15) is 0 Å². The van der Waals surface area contributed by atoms with Gasteiger partial charge in [0.05, 0.1) is 26.4 Å². The quantitative estimate of drug-likeness (QED) is 0.0146. The third-order valence-corrected chi connectivity index (χ3v) is 22.9. The molecular formula is C103H180O16P2. The van der Waals surface area contributed by atoms with E-state index >= 15 is 0 Å². The molecule has 0 saturated heterocycles. The number of phosphoric acid groups is 2. The monoisotopic (exact) mass is 1740 g/mol. The molecule has 0 saturated carbocycles. The number of carbonyl (C=O) groups excluding carboxylic acids is 3. The molecule has 698 valence electrons. The molecule has 0 aliphatic heterocycles. The summed E-state index contributed by atoms with van der Waals surface area (Å²) in [4.78, 5) is 59.1. The number of ether oxygens (including phenoxy) is 3. The number of esters is 3. The van der Waals surface area contributed by atoms with Gasteiger partial charge in [-0.1, -0.05) is 404 Å². The number of carbonyl (C=O) groups is 3. The van der Waals surface area contributed by atoms with Gasteiger partial charge >= 0.3 is 33.6 Å². The molecule has 0 aliphatic rings. The first-order chi connectivity index (χ1) is 59.2. The van der Waals surface area contributed by atoms with Gasteiger partial charge in [0.15, 0.2) is 6.10 Å². The van der Waals surface area contributed by atoms with Crippen molar-refractivity contribution in [3.63, 3.8) is 0 Å². The molecular weight excluding hydrogens is 1560 g/mol. The number of phosphoric ester groups is 2. The minimum atomic E-state index is -4.95. The van der Waals surface area contributed by atoms with Crippen LogP contribution >= 0.6 is 15.6 Å². The molecule has 0 aromatic carbocycles. The standard InChI is InChI=1S/C103H180O16P2/c1-4-7-10-13-16-19-22-25-28-31-34-37-40-43-44-45-46-47-48-49-50-51-52-55-57-59-62-65-68-71-74-77-80-83-86-89-101(106)113-92-98(104)93-115-120(109,110)116-94-99(105)95-117-121(111,112)118-97-100(119-103(108)91-88-85-82-79-76-73-70-67-64-61-58-54-42-39-36-33-30-27-24-21-18-15-12-9-6-3)96-114-102(107)90-87-84-81-78-75-72-69-66-63-60-56-53-41-38-35-32-29-26-23-20-17-14-11-8-5-2/h16-21,25-30,34-39,43-44,53-54,56,58,98-100,104-105H,4-15,22-24,31-33,40-42,45-52,55,57,59-97H2,1-3H3,(H,109,110)(H,111,112)/b19-16-,20-17-,21-18-,28-25-,29-26-,30-27-,37-34-,38-35-,39-36-,44-43-,56-53-,58-54-. The van der Waals surface area contributed by atoms with Crippen LogP contribution in [0.3, 0.4) is 0 Å². The van der Waals surface area contributed by atoms with Crippen molar-refractivity contribution in [2.45, 2.75) is 450 Å². The van der Waals surface area contributed by atoms with E-state index in [0.29, 0.717) is 19.3 Å². The molecule has 0 heterocycles. The van der Waals surface area contributed by atoms with Gasteiger partial charge in [0.1, 0.15) is 25.4 Å². The van der Waals surface area contributed by atoms with Gasteiger partial charge in [0.25, 0.3) is 0 Å². The van der Waals surface area contributed by atoms with Crippen molar-refractivity contribution in [2.75, 3.05) is 39.6 Å². The highest BCUT2D eigenvalue weighted by Crippen LogP contribution is 2.45. The molecule has 5 unspecified atom stereocenters. The largest absolute Gasteiger partial charge is 0.472 e. The second-order valence-corrected chi connectivity index (χ2v) is 35.8. The van der Waals surface area contributed by atoms with Crippen LogP contribution in [0, 0.1) is 0 Å². The molecule has 4 N–H and O–H groups in total. The van der Waals surface area contributed by atoms with E-state index in [9.17, 15) is 43.5 Å². The van der Waals surface area contributed by atoms with Gasteiger partial charge in [0, 0.05) is 19.3 Å². The highest BCUT2D eigenvalue weighted by Gasteiger charge is 2.30. The average molecular weight is 1740 g/mol. The summed E-state index contributed by atoms with van der Waals surface area (Å²) >= 11 is 0. The number of hydrogen-bond donors (Lipinski definition) is 4. The maximum absolute atomic E-state index is 13.1. The highest BCUT2D eigenvalue weighted by atomic mass is 31.2. The Balaban J connectivity index is 4.56. The average Bonchev–Trinajstić information content (AvgIpc) is 0.901. The fraction of sp³-hybridized carbons (Fsp3) is 0.738. The summed E-state index contributed by atoms with van der Waals surface area (Å²) in [5, 5.41) is 20.8. The van der Waals surface area contributed by atoms with Crippen LogP contribution in [0.25, 0.3) is 0 Å². The van der Waals surface area contributed by atoms with Crippen LogP contribution in [0.2, 0.25) is 0 Å². The SMILES string of the molecule is CCCCC/C=C\C/C=C\C/C=C\C/C=C\CCCCCCCCCCCCCCCCCCCCCC(=O)OCC(O)COP(=O)(O)OCC(O)COP(=O)(O)OCC(COC(=O)CCCCCCCCCCC/C=C\C/C=C\C/C=C\C/C=C\CCCCC)OC(=O)CCCCCCCCCCC/C=C\C/C=C\C/C=C\C/C=C\CCCCC.